The number of urea groups is 1. The summed E-state index contributed by atoms with van der Waals surface area (Å²) in [5, 5.41) is 4.88. The molecule has 0 radical (unpaired) electrons. The third-order valence-corrected chi connectivity index (χ3v) is 3.56. The molecule has 0 saturated heterocycles. The topological polar surface area (TPSA) is 50.4 Å². The van der Waals surface area contributed by atoms with Gasteiger partial charge in [0.2, 0.25) is 0 Å². The van der Waals surface area contributed by atoms with Gasteiger partial charge < -0.3 is 15.4 Å². The van der Waals surface area contributed by atoms with Crippen molar-refractivity contribution in [2.24, 2.45) is 0 Å². The van der Waals surface area contributed by atoms with Crippen molar-refractivity contribution in [1.29, 1.82) is 0 Å². The Labute approximate surface area is 151 Å². The number of rotatable bonds is 5. The van der Waals surface area contributed by atoms with Crippen molar-refractivity contribution in [1.82, 2.24) is 5.32 Å². The minimum absolute atomic E-state index is 0.0754. The number of hydrogen-bond acceptors (Lipinski definition) is 2. The zero-order valence-electron chi connectivity index (χ0n) is 12.7. The summed E-state index contributed by atoms with van der Waals surface area (Å²) >= 11 is 11.5. The van der Waals surface area contributed by atoms with Crippen molar-refractivity contribution >= 4 is 34.9 Å². The molecule has 2 amide bonds. The quantitative estimate of drug-likeness (QED) is 0.685. The Balaban J connectivity index is 1.88. The van der Waals surface area contributed by atoms with Crippen molar-refractivity contribution in [2.45, 2.75) is 6.18 Å². The number of hydrogen-bond donors (Lipinski definition) is 2. The Morgan fingerprint density at radius 3 is 2.52 bits per heavy atom. The van der Waals surface area contributed by atoms with Crippen molar-refractivity contribution < 1.29 is 22.7 Å². The maximum Gasteiger partial charge on any atom is 0.418 e. The molecule has 0 heterocycles. The van der Waals surface area contributed by atoms with Gasteiger partial charge in [0.25, 0.3) is 0 Å². The number of ether oxygens (including phenoxy) is 1. The van der Waals surface area contributed by atoms with Crippen molar-refractivity contribution in [3.05, 3.63) is 58.1 Å². The van der Waals surface area contributed by atoms with Crippen molar-refractivity contribution in [3.63, 3.8) is 0 Å². The minimum Gasteiger partial charge on any atom is -0.490 e. The van der Waals surface area contributed by atoms with Gasteiger partial charge in [-0.3, -0.25) is 0 Å². The van der Waals surface area contributed by atoms with Gasteiger partial charge in [0.1, 0.15) is 12.4 Å². The normalized spacial score (nSPS) is 11.1. The van der Waals surface area contributed by atoms with E-state index in [4.69, 9.17) is 27.9 Å². The van der Waals surface area contributed by atoms with E-state index in [1.165, 1.54) is 6.07 Å². The Morgan fingerprint density at radius 1 is 1.12 bits per heavy atom. The van der Waals surface area contributed by atoms with Gasteiger partial charge in [-0.15, -0.1) is 0 Å². The average Bonchev–Trinajstić information content (AvgIpc) is 2.54. The van der Waals surface area contributed by atoms with Gasteiger partial charge in [-0.25, -0.2) is 4.79 Å². The molecule has 0 aliphatic heterocycles. The molecule has 0 spiro atoms. The second kappa shape index (κ2) is 8.31. The smallest absolute Gasteiger partial charge is 0.418 e. The Kier molecular flexibility index (Phi) is 6.39. The highest BCUT2D eigenvalue weighted by Gasteiger charge is 2.34. The summed E-state index contributed by atoms with van der Waals surface area (Å²) in [6.45, 7) is 0.176. The van der Waals surface area contributed by atoms with Gasteiger partial charge in [0.15, 0.2) is 0 Å². The van der Waals surface area contributed by atoms with Crippen LogP contribution in [-0.4, -0.2) is 19.2 Å². The molecule has 134 valence electrons. The summed E-state index contributed by atoms with van der Waals surface area (Å²) in [7, 11) is 0. The summed E-state index contributed by atoms with van der Waals surface area (Å²) in [5.74, 6) is 0.448. The molecule has 2 aromatic carbocycles. The second-order valence-corrected chi connectivity index (χ2v) is 5.69. The lowest BCUT2D eigenvalue weighted by molar-refractivity contribution is -0.136. The Bertz CT molecular complexity index is 754. The van der Waals surface area contributed by atoms with E-state index in [2.05, 4.69) is 10.6 Å². The predicted octanol–water partition coefficient (Wildman–Crippen LogP) is 5.21. The molecule has 0 unspecified atom stereocenters. The molecular weight excluding hydrogens is 380 g/mol. The third kappa shape index (κ3) is 5.72. The van der Waals surface area contributed by atoms with Crippen LogP contribution >= 0.6 is 23.2 Å². The van der Waals surface area contributed by atoms with Crippen LogP contribution in [0.25, 0.3) is 0 Å². The monoisotopic (exact) mass is 392 g/mol. The molecule has 2 rings (SSSR count). The van der Waals surface area contributed by atoms with Crippen LogP contribution in [0.4, 0.5) is 23.7 Å². The lowest BCUT2D eigenvalue weighted by Gasteiger charge is -2.15. The maximum atomic E-state index is 12.9. The summed E-state index contributed by atoms with van der Waals surface area (Å²) in [6.07, 6.45) is -4.64. The summed E-state index contributed by atoms with van der Waals surface area (Å²) in [5.41, 5.74) is -1.41. The first-order valence-corrected chi connectivity index (χ1v) is 7.82. The first kappa shape index (κ1) is 19.2. The zero-order valence-corrected chi connectivity index (χ0v) is 14.2. The van der Waals surface area contributed by atoms with Crippen LogP contribution < -0.4 is 15.4 Å². The molecule has 2 aromatic rings. The first-order chi connectivity index (χ1) is 11.8. The van der Waals surface area contributed by atoms with Crippen molar-refractivity contribution in [2.75, 3.05) is 18.5 Å². The van der Waals surface area contributed by atoms with Gasteiger partial charge >= 0.3 is 12.2 Å². The number of anilines is 1. The third-order valence-electron chi connectivity index (χ3n) is 3.02. The molecule has 0 aliphatic carbocycles. The van der Waals surface area contributed by atoms with Gasteiger partial charge in [-0.2, -0.15) is 13.2 Å². The molecule has 0 saturated carbocycles. The van der Waals surface area contributed by atoms with Crippen molar-refractivity contribution in [3.8, 4) is 5.75 Å². The second-order valence-electron chi connectivity index (χ2n) is 4.85. The highest BCUT2D eigenvalue weighted by molar-refractivity contribution is 6.32. The highest BCUT2D eigenvalue weighted by atomic mass is 35.5. The number of halogens is 5. The molecule has 0 aromatic heterocycles. The van der Waals surface area contributed by atoms with Crippen LogP contribution in [0.1, 0.15) is 5.56 Å². The van der Waals surface area contributed by atoms with Gasteiger partial charge in [0, 0.05) is 5.02 Å². The fourth-order valence-corrected chi connectivity index (χ4v) is 2.28. The van der Waals surface area contributed by atoms with Crippen LogP contribution in [0, 0.1) is 0 Å². The Morgan fingerprint density at radius 2 is 1.84 bits per heavy atom. The number of carbonyl (C=O) groups is 1. The largest absolute Gasteiger partial charge is 0.490 e. The molecule has 0 aliphatic rings. The van der Waals surface area contributed by atoms with Crippen LogP contribution in [0.2, 0.25) is 10.0 Å². The lowest BCUT2D eigenvalue weighted by atomic mass is 10.1. The number of benzene rings is 2. The highest BCUT2D eigenvalue weighted by Crippen LogP contribution is 2.36. The summed E-state index contributed by atoms with van der Waals surface area (Å²) in [4.78, 5) is 11.8. The molecule has 0 fully saturated rings. The van der Waals surface area contributed by atoms with Gasteiger partial charge in [0.05, 0.1) is 22.8 Å². The van der Waals surface area contributed by atoms with E-state index < -0.39 is 17.8 Å². The molecule has 25 heavy (non-hydrogen) atoms. The number of para-hydroxylation sites is 1. The van der Waals surface area contributed by atoms with E-state index in [1.807, 2.05) is 0 Å². The van der Waals surface area contributed by atoms with Crippen LogP contribution in [0.5, 0.6) is 5.75 Å². The average molecular weight is 393 g/mol. The zero-order chi connectivity index (χ0) is 18.4. The van der Waals surface area contributed by atoms with Crippen LogP contribution in [0.3, 0.4) is 0 Å². The fraction of sp³-hybridized carbons (Fsp3) is 0.188. The molecular formula is C16H13Cl2F3N2O2. The predicted molar refractivity (Wildman–Crippen MR) is 90.4 cm³/mol. The molecule has 0 bridgehead atoms. The Hall–Kier alpha value is -2.12. The molecule has 0 atom stereocenters. The number of alkyl halides is 3. The SMILES string of the molecule is O=C(NCCOc1ccccc1Cl)Nc1ccc(Cl)cc1C(F)(F)F. The molecule has 2 N–H and O–H groups in total. The summed E-state index contributed by atoms with van der Waals surface area (Å²) in [6, 6.07) is 9.08. The van der Waals surface area contributed by atoms with Crippen LogP contribution in [0.15, 0.2) is 42.5 Å². The fourth-order valence-electron chi connectivity index (χ4n) is 1.91. The van der Waals surface area contributed by atoms with E-state index in [-0.39, 0.29) is 23.9 Å². The summed E-state index contributed by atoms with van der Waals surface area (Å²) < 4.78 is 44.2. The van der Waals surface area contributed by atoms with E-state index in [9.17, 15) is 18.0 Å². The van der Waals surface area contributed by atoms with Gasteiger partial charge in [-0.05, 0) is 30.3 Å². The standard InChI is InChI=1S/C16H13Cl2F3N2O2/c17-10-5-6-13(11(9-10)16(19,20)21)23-15(24)22-7-8-25-14-4-2-1-3-12(14)18/h1-6,9H,7-8H2,(H2,22,23,24). The minimum atomic E-state index is -4.64. The number of nitrogens with one attached hydrogen (secondary N) is 2. The molecule has 4 nitrogen and oxygen atoms in total. The van der Waals surface area contributed by atoms with E-state index in [0.717, 1.165) is 12.1 Å². The van der Waals surface area contributed by atoms with E-state index in [0.29, 0.717) is 10.8 Å². The van der Waals surface area contributed by atoms with E-state index in [1.54, 1.807) is 24.3 Å². The molecule has 9 heteroatoms. The number of carbonyl (C=O) groups excluding carboxylic acids is 1. The van der Waals surface area contributed by atoms with Crippen LogP contribution in [-0.2, 0) is 6.18 Å². The lowest BCUT2D eigenvalue weighted by Crippen LogP contribution is -2.32. The van der Waals surface area contributed by atoms with Gasteiger partial charge in [-0.1, -0.05) is 35.3 Å². The number of amides is 2. The van der Waals surface area contributed by atoms with E-state index >= 15 is 0 Å². The first-order valence-electron chi connectivity index (χ1n) is 7.06. The maximum absolute atomic E-state index is 12.9.